The topological polar surface area (TPSA) is 58.5 Å². The van der Waals surface area contributed by atoms with Crippen molar-refractivity contribution >= 4 is 29.9 Å². The van der Waals surface area contributed by atoms with Gasteiger partial charge in [-0.3, -0.25) is 4.99 Å². The van der Waals surface area contributed by atoms with Crippen LogP contribution in [0.4, 0.5) is 0 Å². The normalized spacial score (nSPS) is 14.2. The highest BCUT2D eigenvalue weighted by atomic mass is 127. The zero-order valence-electron chi connectivity index (χ0n) is 15.0. The molecule has 0 radical (unpaired) electrons. The highest BCUT2D eigenvalue weighted by molar-refractivity contribution is 14.0. The molecule has 0 aromatic carbocycles. The lowest BCUT2D eigenvalue weighted by atomic mass is 10.1. The molecule has 0 atom stereocenters. The summed E-state index contributed by atoms with van der Waals surface area (Å²) in [6.07, 6.45) is 6.78. The Morgan fingerprint density at radius 1 is 1.38 bits per heavy atom. The molecule has 2 N–H and O–H groups in total. The lowest BCUT2D eigenvalue weighted by Gasteiger charge is -2.13. The number of pyridine rings is 1. The molecule has 1 aromatic heterocycles. The maximum absolute atomic E-state index is 5.72. The molecule has 2 rings (SSSR count). The van der Waals surface area contributed by atoms with Gasteiger partial charge in [-0.2, -0.15) is 0 Å². The fraction of sp³-hybridized carbons (Fsp3) is 0.667. The van der Waals surface area contributed by atoms with E-state index in [1.807, 2.05) is 12.1 Å². The van der Waals surface area contributed by atoms with Crippen molar-refractivity contribution in [2.75, 3.05) is 20.2 Å². The summed E-state index contributed by atoms with van der Waals surface area (Å²) >= 11 is 0. The molecule has 1 fully saturated rings. The van der Waals surface area contributed by atoms with Crippen molar-refractivity contribution in [3.05, 3.63) is 23.9 Å². The van der Waals surface area contributed by atoms with E-state index < -0.39 is 0 Å². The summed E-state index contributed by atoms with van der Waals surface area (Å²) in [6.45, 7) is 6.96. The smallest absolute Gasteiger partial charge is 0.213 e. The van der Waals surface area contributed by atoms with E-state index in [1.165, 1.54) is 19.3 Å². The van der Waals surface area contributed by atoms with Gasteiger partial charge in [-0.1, -0.05) is 13.8 Å². The van der Waals surface area contributed by atoms with Crippen LogP contribution in [0.15, 0.2) is 23.3 Å². The van der Waals surface area contributed by atoms with Crippen LogP contribution in [0, 0.1) is 11.8 Å². The molecule has 1 aromatic rings. The molecule has 0 bridgehead atoms. The van der Waals surface area contributed by atoms with E-state index in [1.54, 1.807) is 13.2 Å². The quantitative estimate of drug-likeness (QED) is 0.264. The third-order valence-corrected chi connectivity index (χ3v) is 3.90. The molecule has 24 heavy (non-hydrogen) atoms. The molecule has 0 aliphatic heterocycles. The van der Waals surface area contributed by atoms with Crippen LogP contribution in [0.5, 0.6) is 5.88 Å². The molecule has 1 aliphatic rings. The summed E-state index contributed by atoms with van der Waals surface area (Å²) in [4.78, 5) is 8.53. The Labute approximate surface area is 163 Å². The van der Waals surface area contributed by atoms with Gasteiger partial charge in [-0.05, 0) is 49.1 Å². The third-order valence-electron chi connectivity index (χ3n) is 3.90. The highest BCUT2D eigenvalue weighted by Crippen LogP contribution is 2.29. The van der Waals surface area contributed by atoms with E-state index >= 15 is 0 Å². The van der Waals surface area contributed by atoms with Crippen LogP contribution in [0.3, 0.4) is 0 Å². The lowest BCUT2D eigenvalue weighted by molar-refractivity contribution is 0.288. The van der Waals surface area contributed by atoms with E-state index in [4.69, 9.17) is 4.74 Å². The lowest BCUT2D eigenvalue weighted by Crippen LogP contribution is -2.37. The van der Waals surface area contributed by atoms with E-state index in [0.29, 0.717) is 6.54 Å². The van der Waals surface area contributed by atoms with Gasteiger partial charge >= 0.3 is 0 Å². The number of halogens is 1. The first-order valence-corrected chi connectivity index (χ1v) is 8.69. The molecule has 0 unspecified atom stereocenters. The molecule has 1 heterocycles. The minimum atomic E-state index is 0. The maximum Gasteiger partial charge on any atom is 0.213 e. The minimum absolute atomic E-state index is 0. The summed E-state index contributed by atoms with van der Waals surface area (Å²) in [5.41, 5.74) is 1.15. The van der Waals surface area contributed by atoms with Crippen LogP contribution >= 0.6 is 24.0 Å². The molecule has 1 saturated carbocycles. The number of guanidine groups is 1. The van der Waals surface area contributed by atoms with Crippen LogP contribution in [-0.4, -0.2) is 31.1 Å². The first-order valence-electron chi connectivity index (χ1n) is 8.69. The van der Waals surface area contributed by atoms with E-state index in [0.717, 1.165) is 48.8 Å². The molecular formula is C18H31IN4O. The van der Waals surface area contributed by atoms with Crippen molar-refractivity contribution in [2.45, 2.75) is 46.1 Å². The molecule has 136 valence electrons. The largest absolute Gasteiger partial charge is 0.477 e. The van der Waals surface area contributed by atoms with Crippen LogP contribution in [0.1, 0.15) is 45.1 Å². The van der Waals surface area contributed by atoms with Gasteiger partial charge in [0.05, 0.1) is 6.61 Å². The Morgan fingerprint density at radius 3 is 2.83 bits per heavy atom. The summed E-state index contributed by atoms with van der Waals surface area (Å²) in [5.74, 6) is 3.05. The Bertz CT molecular complexity index is 504. The summed E-state index contributed by atoms with van der Waals surface area (Å²) < 4.78 is 5.72. The zero-order chi connectivity index (χ0) is 16.5. The standard InChI is InChI=1S/C18H30N4O.HI/c1-14(2)5-4-9-21-18(19-3)22-12-16-8-10-20-17(11-16)23-13-15-6-7-15;/h8,10-11,14-15H,4-7,9,12-13H2,1-3H3,(H2,19,21,22);1H. The van der Waals surface area contributed by atoms with Gasteiger partial charge in [0.15, 0.2) is 5.96 Å². The van der Waals surface area contributed by atoms with Crippen LogP contribution < -0.4 is 15.4 Å². The van der Waals surface area contributed by atoms with Gasteiger partial charge in [-0.15, -0.1) is 24.0 Å². The van der Waals surface area contributed by atoms with Gasteiger partial charge < -0.3 is 15.4 Å². The predicted molar refractivity (Wildman–Crippen MR) is 110 cm³/mol. The monoisotopic (exact) mass is 446 g/mol. The number of hydrogen-bond donors (Lipinski definition) is 2. The number of hydrogen-bond acceptors (Lipinski definition) is 3. The molecule has 0 spiro atoms. The highest BCUT2D eigenvalue weighted by Gasteiger charge is 2.22. The second kappa shape index (κ2) is 11.5. The first kappa shape index (κ1) is 21.0. The summed E-state index contributed by atoms with van der Waals surface area (Å²) in [5, 5.41) is 6.68. The van der Waals surface area contributed by atoms with Crippen molar-refractivity contribution in [3.63, 3.8) is 0 Å². The number of ether oxygens (including phenoxy) is 1. The second-order valence-corrected chi connectivity index (χ2v) is 6.65. The van der Waals surface area contributed by atoms with Crippen LogP contribution in [0.2, 0.25) is 0 Å². The Morgan fingerprint density at radius 2 is 2.17 bits per heavy atom. The number of aromatic nitrogens is 1. The second-order valence-electron chi connectivity index (χ2n) is 6.65. The zero-order valence-corrected chi connectivity index (χ0v) is 17.4. The SMILES string of the molecule is CN=C(NCCCC(C)C)NCc1ccnc(OCC2CC2)c1.I. The molecule has 0 saturated heterocycles. The van der Waals surface area contributed by atoms with Gasteiger partial charge in [0.25, 0.3) is 0 Å². The Balaban J connectivity index is 0.00000288. The van der Waals surface area contributed by atoms with Crippen molar-refractivity contribution in [2.24, 2.45) is 16.8 Å². The molecular weight excluding hydrogens is 415 g/mol. The predicted octanol–water partition coefficient (Wildman–Crippen LogP) is 3.59. The summed E-state index contributed by atoms with van der Waals surface area (Å²) in [7, 11) is 1.80. The third kappa shape index (κ3) is 8.70. The molecule has 5 nitrogen and oxygen atoms in total. The minimum Gasteiger partial charge on any atom is -0.477 e. The van der Waals surface area contributed by atoms with Crippen LogP contribution in [0.25, 0.3) is 0 Å². The number of aliphatic imine (C=N–C) groups is 1. The summed E-state index contributed by atoms with van der Waals surface area (Å²) in [6, 6.07) is 4.00. The van der Waals surface area contributed by atoms with Gasteiger partial charge in [0.2, 0.25) is 5.88 Å². The number of rotatable bonds is 9. The van der Waals surface area contributed by atoms with Crippen LogP contribution in [-0.2, 0) is 6.54 Å². The average Bonchev–Trinajstić information content (AvgIpc) is 3.37. The fourth-order valence-corrected chi connectivity index (χ4v) is 2.25. The van der Waals surface area contributed by atoms with E-state index in [2.05, 4.69) is 34.5 Å². The van der Waals surface area contributed by atoms with E-state index in [9.17, 15) is 0 Å². The first-order chi connectivity index (χ1) is 11.2. The molecule has 0 amide bonds. The van der Waals surface area contributed by atoms with Crippen molar-refractivity contribution < 1.29 is 4.74 Å². The number of nitrogens with zero attached hydrogens (tertiary/aromatic N) is 2. The van der Waals surface area contributed by atoms with Gasteiger partial charge in [0, 0.05) is 32.4 Å². The average molecular weight is 446 g/mol. The van der Waals surface area contributed by atoms with Crippen molar-refractivity contribution in [1.29, 1.82) is 0 Å². The maximum atomic E-state index is 5.72. The fourth-order valence-electron chi connectivity index (χ4n) is 2.25. The van der Waals surface area contributed by atoms with Gasteiger partial charge in [0.1, 0.15) is 0 Å². The number of nitrogens with one attached hydrogen (secondary N) is 2. The Kier molecular flexibility index (Phi) is 10.1. The molecule has 1 aliphatic carbocycles. The Hall–Kier alpha value is -1.05. The molecule has 6 heteroatoms. The van der Waals surface area contributed by atoms with Gasteiger partial charge in [-0.25, -0.2) is 4.98 Å². The van der Waals surface area contributed by atoms with Crippen molar-refractivity contribution in [1.82, 2.24) is 15.6 Å². The van der Waals surface area contributed by atoms with Crippen molar-refractivity contribution in [3.8, 4) is 5.88 Å². The van der Waals surface area contributed by atoms with E-state index in [-0.39, 0.29) is 24.0 Å².